The Kier molecular flexibility index (Phi) is 3.97. The topological polar surface area (TPSA) is 9.23 Å². The smallest absolute Gasteiger partial charge is 0.124 e. The monoisotopic (exact) mass is 312 g/mol. The van der Waals surface area contributed by atoms with Gasteiger partial charge in [0.15, 0.2) is 0 Å². The van der Waals surface area contributed by atoms with Crippen molar-refractivity contribution in [2.24, 2.45) is 0 Å². The minimum atomic E-state index is -0.302. The third-order valence-electron chi connectivity index (χ3n) is 2.54. The third-order valence-corrected chi connectivity index (χ3v) is 3.27. The predicted molar refractivity (Wildman–Crippen MR) is 69.6 cm³/mol. The van der Waals surface area contributed by atoms with Gasteiger partial charge < -0.3 is 4.74 Å². The van der Waals surface area contributed by atoms with Gasteiger partial charge in [-0.15, -0.1) is 0 Å². The van der Waals surface area contributed by atoms with E-state index in [0.29, 0.717) is 16.8 Å². The second-order valence-electron chi connectivity index (χ2n) is 3.93. The first-order valence-electron chi connectivity index (χ1n) is 5.39. The maximum atomic E-state index is 12.9. The van der Waals surface area contributed by atoms with E-state index in [-0.39, 0.29) is 11.6 Å². The summed E-state index contributed by atoms with van der Waals surface area (Å²) in [7, 11) is 0. The molecule has 0 aliphatic carbocycles. The fourth-order valence-corrected chi connectivity index (χ4v) is 2.03. The van der Waals surface area contributed by atoms with E-state index in [9.17, 15) is 8.78 Å². The zero-order chi connectivity index (χ0) is 13.1. The fourth-order valence-electron chi connectivity index (χ4n) is 1.57. The van der Waals surface area contributed by atoms with E-state index in [4.69, 9.17) is 4.74 Å². The Balaban J connectivity index is 2.11. The average Bonchev–Trinajstić information content (AvgIpc) is 2.30. The molecule has 4 heteroatoms. The van der Waals surface area contributed by atoms with Gasteiger partial charge in [0.05, 0.1) is 0 Å². The molecular weight excluding hydrogens is 302 g/mol. The quantitative estimate of drug-likeness (QED) is 0.804. The Bertz CT molecular complexity index is 518. The highest BCUT2D eigenvalue weighted by molar-refractivity contribution is 9.10. The van der Waals surface area contributed by atoms with Crippen LogP contribution in [-0.2, 0) is 6.61 Å². The van der Waals surface area contributed by atoms with Gasteiger partial charge in [-0.05, 0) is 42.8 Å². The Morgan fingerprint density at radius 3 is 2.39 bits per heavy atom. The average molecular weight is 313 g/mol. The van der Waals surface area contributed by atoms with Crippen LogP contribution in [0.4, 0.5) is 8.78 Å². The van der Waals surface area contributed by atoms with Crippen molar-refractivity contribution in [3.8, 4) is 5.75 Å². The van der Waals surface area contributed by atoms with Crippen LogP contribution in [0.15, 0.2) is 40.9 Å². The largest absolute Gasteiger partial charge is 0.489 e. The summed E-state index contributed by atoms with van der Waals surface area (Å²) in [6, 6.07) is 8.76. The van der Waals surface area contributed by atoms with Gasteiger partial charge in [0.25, 0.3) is 0 Å². The normalized spacial score (nSPS) is 10.4. The number of halogens is 3. The van der Waals surface area contributed by atoms with Crippen LogP contribution in [0.2, 0.25) is 0 Å². The van der Waals surface area contributed by atoms with Crippen LogP contribution in [-0.4, -0.2) is 0 Å². The van der Waals surface area contributed by atoms with Crippen LogP contribution < -0.4 is 4.74 Å². The number of hydrogen-bond donors (Lipinski definition) is 0. The van der Waals surface area contributed by atoms with E-state index >= 15 is 0 Å². The van der Waals surface area contributed by atoms with Gasteiger partial charge >= 0.3 is 0 Å². The molecule has 0 heterocycles. The van der Waals surface area contributed by atoms with Gasteiger partial charge in [-0.3, -0.25) is 0 Å². The minimum Gasteiger partial charge on any atom is -0.489 e. The minimum absolute atomic E-state index is 0.289. The van der Waals surface area contributed by atoms with Crippen molar-refractivity contribution in [2.75, 3.05) is 0 Å². The Morgan fingerprint density at radius 2 is 1.72 bits per heavy atom. The third kappa shape index (κ3) is 3.07. The molecule has 0 radical (unpaired) electrons. The number of aryl methyl sites for hydroxylation is 1. The second-order valence-corrected chi connectivity index (χ2v) is 4.79. The molecule has 0 N–H and O–H groups in total. The molecule has 0 saturated carbocycles. The molecule has 0 bridgehead atoms. The maximum Gasteiger partial charge on any atom is 0.124 e. The summed E-state index contributed by atoms with van der Waals surface area (Å²) in [5.41, 5.74) is 1.56. The molecule has 1 nitrogen and oxygen atoms in total. The summed E-state index contributed by atoms with van der Waals surface area (Å²) in [4.78, 5) is 0. The lowest BCUT2D eigenvalue weighted by Crippen LogP contribution is -1.98. The molecule has 2 aromatic rings. The van der Waals surface area contributed by atoms with Crippen LogP contribution in [0.25, 0.3) is 0 Å². The van der Waals surface area contributed by atoms with Gasteiger partial charge in [-0.1, -0.05) is 22.0 Å². The van der Waals surface area contributed by atoms with Crippen LogP contribution in [0, 0.1) is 18.6 Å². The highest BCUT2D eigenvalue weighted by Crippen LogP contribution is 2.23. The molecule has 2 aromatic carbocycles. The Morgan fingerprint density at radius 1 is 1.06 bits per heavy atom. The van der Waals surface area contributed by atoms with Crippen molar-refractivity contribution in [1.82, 2.24) is 0 Å². The van der Waals surface area contributed by atoms with Crippen molar-refractivity contribution < 1.29 is 13.5 Å². The van der Waals surface area contributed by atoms with Gasteiger partial charge in [0.1, 0.15) is 24.0 Å². The molecule has 0 spiro atoms. The molecule has 0 atom stereocenters. The summed E-state index contributed by atoms with van der Waals surface area (Å²) in [6.45, 7) is 2.07. The van der Waals surface area contributed by atoms with Gasteiger partial charge in [-0.25, -0.2) is 8.78 Å². The van der Waals surface area contributed by atoms with Crippen molar-refractivity contribution in [3.63, 3.8) is 0 Å². The van der Waals surface area contributed by atoms with Crippen molar-refractivity contribution in [1.29, 1.82) is 0 Å². The summed E-state index contributed by atoms with van der Waals surface area (Å²) in [5.74, 6) is 0.0269. The van der Waals surface area contributed by atoms with E-state index in [0.717, 1.165) is 11.1 Å². The standard InChI is InChI=1S/C14H11BrF2O/c1-9-6-11(16)4-5-14(9)18-8-10-2-3-12(17)7-13(10)15/h2-7H,8H2,1H3. The fraction of sp³-hybridized carbons (Fsp3) is 0.143. The first-order chi connectivity index (χ1) is 8.56. The van der Waals surface area contributed by atoms with Crippen LogP contribution in [0.1, 0.15) is 11.1 Å². The van der Waals surface area contributed by atoms with Gasteiger partial charge in [0, 0.05) is 10.0 Å². The maximum absolute atomic E-state index is 12.9. The highest BCUT2D eigenvalue weighted by atomic mass is 79.9. The highest BCUT2D eigenvalue weighted by Gasteiger charge is 2.05. The molecule has 0 aromatic heterocycles. The molecule has 0 aliphatic rings. The molecular formula is C14H11BrF2O. The van der Waals surface area contributed by atoms with E-state index < -0.39 is 0 Å². The molecule has 0 fully saturated rings. The lowest BCUT2D eigenvalue weighted by Gasteiger charge is -2.10. The van der Waals surface area contributed by atoms with Gasteiger partial charge in [-0.2, -0.15) is 0 Å². The first kappa shape index (κ1) is 13.0. The van der Waals surface area contributed by atoms with Crippen LogP contribution >= 0.6 is 15.9 Å². The zero-order valence-electron chi connectivity index (χ0n) is 9.71. The van der Waals surface area contributed by atoms with E-state index in [1.165, 1.54) is 24.3 Å². The van der Waals surface area contributed by atoms with E-state index in [2.05, 4.69) is 15.9 Å². The molecule has 0 aliphatic heterocycles. The Hall–Kier alpha value is -1.42. The lowest BCUT2D eigenvalue weighted by atomic mass is 10.2. The van der Waals surface area contributed by atoms with Crippen LogP contribution in [0.3, 0.4) is 0 Å². The van der Waals surface area contributed by atoms with Crippen molar-refractivity contribution >= 4 is 15.9 Å². The molecule has 2 rings (SSSR count). The van der Waals surface area contributed by atoms with E-state index in [1.807, 2.05) is 0 Å². The van der Waals surface area contributed by atoms with Crippen LogP contribution in [0.5, 0.6) is 5.75 Å². The summed E-state index contributed by atoms with van der Waals surface area (Å²) < 4.78 is 32.1. The first-order valence-corrected chi connectivity index (χ1v) is 6.18. The van der Waals surface area contributed by atoms with Gasteiger partial charge in [0.2, 0.25) is 0 Å². The molecule has 0 saturated heterocycles. The SMILES string of the molecule is Cc1cc(F)ccc1OCc1ccc(F)cc1Br. The summed E-state index contributed by atoms with van der Waals surface area (Å²) in [5, 5.41) is 0. The molecule has 0 unspecified atom stereocenters. The predicted octanol–water partition coefficient (Wildman–Crippen LogP) is 4.61. The Labute approximate surface area is 113 Å². The molecule has 0 amide bonds. The van der Waals surface area contributed by atoms with Crippen molar-refractivity contribution in [2.45, 2.75) is 13.5 Å². The lowest BCUT2D eigenvalue weighted by molar-refractivity contribution is 0.302. The van der Waals surface area contributed by atoms with Crippen molar-refractivity contribution in [3.05, 3.63) is 63.6 Å². The van der Waals surface area contributed by atoms with E-state index in [1.54, 1.807) is 19.1 Å². The number of ether oxygens (including phenoxy) is 1. The summed E-state index contributed by atoms with van der Waals surface area (Å²) in [6.07, 6.45) is 0. The second kappa shape index (κ2) is 5.48. The summed E-state index contributed by atoms with van der Waals surface area (Å²) >= 11 is 3.27. The number of hydrogen-bond acceptors (Lipinski definition) is 1. The zero-order valence-corrected chi connectivity index (χ0v) is 11.3. The molecule has 94 valence electrons. The molecule has 18 heavy (non-hydrogen) atoms. The number of benzene rings is 2. The number of rotatable bonds is 3.